The van der Waals surface area contributed by atoms with Gasteiger partial charge in [0.15, 0.2) is 5.76 Å². The van der Waals surface area contributed by atoms with Gasteiger partial charge in [0.2, 0.25) is 5.95 Å². The van der Waals surface area contributed by atoms with Crippen LogP contribution >= 0.6 is 0 Å². The van der Waals surface area contributed by atoms with Crippen molar-refractivity contribution in [3.05, 3.63) is 64.4 Å². The van der Waals surface area contributed by atoms with Crippen molar-refractivity contribution >= 4 is 11.9 Å². The highest BCUT2D eigenvalue weighted by Crippen LogP contribution is 2.46. The van der Waals surface area contributed by atoms with Gasteiger partial charge in [-0.25, -0.2) is 5.10 Å². The van der Waals surface area contributed by atoms with Crippen molar-refractivity contribution in [1.29, 1.82) is 0 Å². The second-order valence-electron chi connectivity index (χ2n) is 9.32. The van der Waals surface area contributed by atoms with E-state index in [-0.39, 0.29) is 22.5 Å². The Morgan fingerprint density at radius 3 is 2.48 bits per heavy atom. The SMILES string of the molecule is Cc1cc2c(cc1Cc1ccc(C(=O)Nc3ncn[nH]3)o1)C(C)(C)CCC2(C)C. The molecule has 1 amide bonds. The summed E-state index contributed by atoms with van der Waals surface area (Å²) in [6.45, 7) is 11.5. The van der Waals surface area contributed by atoms with E-state index in [4.69, 9.17) is 4.42 Å². The van der Waals surface area contributed by atoms with Crippen LogP contribution in [0.25, 0.3) is 0 Å². The van der Waals surface area contributed by atoms with E-state index < -0.39 is 0 Å². The number of nitrogens with one attached hydrogen (secondary N) is 2. The molecule has 6 nitrogen and oxygen atoms in total. The van der Waals surface area contributed by atoms with Crippen LogP contribution in [-0.4, -0.2) is 21.1 Å². The minimum atomic E-state index is -0.349. The smallest absolute Gasteiger partial charge is 0.293 e. The number of carbonyl (C=O) groups is 1. The summed E-state index contributed by atoms with van der Waals surface area (Å²) in [6.07, 6.45) is 4.38. The van der Waals surface area contributed by atoms with E-state index in [1.165, 1.54) is 41.4 Å². The van der Waals surface area contributed by atoms with Gasteiger partial charge in [0.25, 0.3) is 5.91 Å². The highest BCUT2D eigenvalue weighted by Gasteiger charge is 2.37. The molecule has 29 heavy (non-hydrogen) atoms. The molecular formula is C23H28N4O2. The number of aromatic nitrogens is 3. The third-order valence-corrected chi connectivity index (χ3v) is 6.21. The Hall–Kier alpha value is -2.89. The molecule has 4 rings (SSSR count). The molecule has 0 aliphatic heterocycles. The van der Waals surface area contributed by atoms with Gasteiger partial charge in [-0.1, -0.05) is 39.8 Å². The number of aryl methyl sites for hydroxylation is 1. The van der Waals surface area contributed by atoms with Crippen LogP contribution in [0.1, 0.15) is 79.1 Å². The Labute approximate surface area is 171 Å². The van der Waals surface area contributed by atoms with Crippen molar-refractivity contribution < 1.29 is 9.21 Å². The monoisotopic (exact) mass is 392 g/mol. The van der Waals surface area contributed by atoms with Crippen molar-refractivity contribution in [3.8, 4) is 0 Å². The fourth-order valence-corrected chi connectivity index (χ4v) is 4.17. The molecule has 1 aliphatic carbocycles. The van der Waals surface area contributed by atoms with Crippen LogP contribution in [0.15, 0.2) is 35.0 Å². The summed E-state index contributed by atoms with van der Waals surface area (Å²) in [5, 5.41) is 8.94. The second-order valence-corrected chi connectivity index (χ2v) is 9.32. The summed E-state index contributed by atoms with van der Waals surface area (Å²) >= 11 is 0. The van der Waals surface area contributed by atoms with Crippen LogP contribution in [0.4, 0.5) is 5.95 Å². The normalized spacial score (nSPS) is 17.0. The van der Waals surface area contributed by atoms with Crippen LogP contribution in [0.5, 0.6) is 0 Å². The zero-order valence-corrected chi connectivity index (χ0v) is 17.7. The number of H-pyrrole nitrogens is 1. The highest BCUT2D eigenvalue weighted by molar-refractivity contribution is 6.01. The maximum absolute atomic E-state index is 12.3. The lowest BCUT2D eigenvalue weighted by molar-refractivity contribution is 0.0994. The Bertz CT molecular complexity index is 1050. The molecule has 2 N–H and O–H groups in total. The number of fused-ring (bicyclic) bond motifs is 1. The largest absolute Gasteiger partial charge is 0.456 e. The lowest BCUT2D eigenvalue weighted by Crippen LogP contribution is -2.34. The number of rotatable bonds is 4. The van der Waals surface area contributed by atoms with Gasteiger partial charge in [0.05, 0.1) is 0 Å². The van der Waals surface area contributed by atoms with E-state index in [1.54, 1.807) is 6.07 Å². The van der Waals surface area contributed by atoms with Gasteiger partial charge in [-0.2, -0.15) is 10.1 Å². The lowest BCUT2D eigenvalue weighted by Gasteiger charge is -2.42. The average Bonchev–Trinajstić information content (AvgIpc) is 3.32. The maximum Gasteiger partial charge on any atom is 0.293 e. The minimum absolute atomic E-state index is 0.165. The molecule has 1 aromatic carbocycles. The van der Waals surface area contributed by atoms with Crippen molar-refractivity contribution in [2.75, 3.05) is 5.32 Å². The van der Waals surface area contributed by atoms with E-state index in [1.807, 2.05) is 6.07 Å². The molecule has 2 aromatic heterocycles. The Balaban J connectivity index is 1.59. The zero-order chi connectivity index (χ0) is 20.8. The molecule has 0 spiro atoms. The molecule has 0 fully saturated rings. The van der Waals surface area contributed by atoms with E-state index in [0.717, 1.165) is 5.76 Å². The van der Waals surface area contributed by atoms with Gasteiger partial charge in [-0.05, 0) is 65.0 Å². The van der Waals surface area contributed by atoms with Crippen molar-refractivity contribution in [2.45, 2.75) is 64.7 Å². The summed E-state index contributed by atoms with van der Waals surface area (Å²) in [5.74, 6) is 0.971. The van der Waals surface area contributed by atoms with Gasteiger partial charge >= 0.3 is 0 Å². The summed E-state index contributed by atoms with van der Waals surface area (Å²) < 4.78 is 5.82. The first-order valence-corrected chi connectivity index (χ1v) is 10.1. The number of anilines is 1. The first-order chi connectivity index (χ1) is 13.7. The molecule has 0 saturated carbocycles. The van der Waals surface area contributed by atoms with Gasteiger partial charge in [0.1, 0.15) is 12.1 Å². The first-order valence-electron chi connectivity index (χ1n) is 10.1. The minimum Gasteiger partial charge on any atom is -0.456 e. The van der Waals surface area contributed by atoms with Gasteiger partial charge in [-0.3, -0.25) is 10.1 Å². The van der Waals surface area contributed by atoms with Crippen LogP contribution in [0.3, 0.4) is 0 Å². The maximum atomic E-state index is 12.3. The van der Waals surface area contributed by atoms with Crippen LogP contribution in [-0.2, 0) is 17.3 Å². The van der Waals surface area contributed by atoms with Gasteiger partial charge < -0.3 is 4.42 Å². The highest BCUT2D eigenvalue weighted by atomic mass is 16.3. The number of furan rings is 1. The molecule has 0 saturated heterocycles. The standard InChI is InChI=1S/C23H28N4O2/c1-14-10-17-18(23(4,5)9-8-22(17,2)3)12-15(14)11-16-6-7-19(29-16)20(28)26-21-24-13-25-27-21/h6-7,10,12-13H,8-9,11H2,1-5H3,(H2,24,25,26,27,28). The van der Waals surface area contributed by atoms with Crippen molar-refractivity contribution in [3.63, 3.8) is 0 Å². The van der Waals surface area contributed by atoms with Crippen molar-refractivity contribution in [1.82, 2.24) is 15.2 Å². The average molecular weight is 393 g/mol. The molecule has 0 bridgehead atoms. The van der Waals surface area contributed by atoms with E-state index in [2.05, 4.69) is 67.2 Å². The van der Waals surface area contributed by atoms with Crippen LogP contribution in [0, 0.1) is 6.92 Å². The topological polar surface area (TPSA) is 83.8 Å². The molecule has 0 radical (unpaired) electrons. The summed E-state index contributed by atoms with van der Waals surface area (Å²) in [4.78, 5) is 16.2. The van der Waals surface area contributed by atoms with E-state index in [9.17, 15) is 4.79 Å². The molecule has 0 atom stereocenters. The van der Waals surface area contributed by atoms with Gasteiger partial charge in [-0.15, -0.1) is 0 Å². The van der Waals surface area contributed by atoms with Crippen LogP contribution < -0.4 is 5.32 Å². The summed E-state index contributed by atoms with van der Waals surface area (Å²) in [7, 11) is 0. The number of nitrogens with zero attached hydrogens (tertiary/aromatic N) is 2. The van der Waals surface area contributed by atoms with E-state index >= 15 is 0 Å². The van der Waals surface area contributed by atoms with Gasteiger partial charge in [0, 0.05) is 6.42 Å². The number of carbonyl (C=O) groups excluding carboxylic acids is 1. The number of hydrogen-bond donors (Lipinski definition) is 2. The first kappa shape index (κ1) is 19.4. The lowest BCUT2D eigenvalue weighted by atomic mass is 9.62. The number of aromatic amines is 1. The Morgan fingerprint density at radius 2 is 1.83 bits per heavy atom. The molecule has 2 heterocycles. The Kier molecular flexibility index (Phi) is 4.60. The number of benzene rings is 1. The zero-order valence-electron chi connectivity index (χ0n) is 17.7. The van der Waals surface area contributed by atoms with Crippen molar-refractivity contribution in [2.24, 2.45) is 0 Å². The fraction of sp³-hybridized carbons (Fsp3) is 0.435. The van der Waals surface area contributed by atoms with Crippen LogP contribution in [0.2, 0.25) is 0 Å². The molecule has 6 heteroatoms. The molecule has 3 aromatic rings. The number of amides is 1. The fourth-order valence-electron chi connectivity index (χ4n) is 4.17. The summed E-state index contributed by atoms with van der Waals surface area (Å²) in [6, 6.07) is 8.26. The number of hydrogen-bond acceptors (Lipinski definition) is 4. The quantitative estimate of drug-likeness (QED) is 0.661. The van der Waals surface area contributed by atoms with E-state index in [0.29, 0.717) is 12.4 Å². The molecular weight excluding hydrogens is 364 g/mol. The summed E-state index contributed by atoms with van der Waals surface area (Å²) in [5.41, 5.74) is 5.76. The predicted octanol–water partition coefficient (Wildman–Crippen LogP) is 4.90. The molecule has 152 valence electrons. The third kappa shape index (κ3) is 3.71. The third-order valence-electron chi connectivity index (χ3n) is 6.21. The second kappa shape index (κ2) is 6.87. The molecule has 1 aliphatic rings. The molecule has 0 unspecified atom stereocenters. The predicted molar refractivity (Wildman–Crippen MR) is 112 cm³/mol. The Morgan fingerprint density at radius 1 is 1.14 bits per heavy atom.